The van der Waals surface area contributed by atoms with Gasteiger partial charge in [0, 0.05) is 12.3 Å². The van der Waals surface area contributed by atoms with E-state index >= 15 is 0 Å². The van der Waals surface area contributed by atoms with E-state index in [2.05, 4.69) is 10.3 Å². The summed E-state index contributed by atoms with van der Waals surface area (Å²) in [5.74, 6) is -2.66. The number of nitrogens with one attached hydrogen (secondary N) is 1. The molecule has 6 heteroatoms. The van der Waals surface area contributed by atoms with E-state index in [0.717, 1.165) is 12.3 Å². The summed E-state index contributed by atoms with van der Waals surface area (Å²) < 4.78 is 26.6. The van der Waals surface area contributed by atoms with Gasteiger partial charge in [-0.25, -0.2) is 8.78 Å². The minimum absolute atomic E-state index is 0.144. The quantitative estimate of drug-likeness (QED) is 0.804. The van der Waals surface area contributed by atoms with E-state index in [0.29, 0.717) is 0 Å². The summed E-state index contributed by atoms with van der Waals surface area (Å²) in [7, 11) is 0. The van der Waals surface area contributed by atoms with Crippen molar-refractivity contribution >= 4 is 11.6 Å². The number of nitrogens with zero attached hydrogens (tertiary/aromatic N) is 1. The fourth-order valence-corrected chi connectivity index (χ4v) is 1.35. The molecule has 1 aromatic heterocycles. The fourth-order valence-electron chi connectivity index (χ4n) is 1.35. The lowest BCUT2D eigenvalue weighted by Gasteiger charge is -2.07. The normalized spacial score (nSPS) is 10.1. The molecular weight excluding hydrogens is 242 g/mol. The first-order chi connectivity index (χ1) is 8.58. The third-order valence-corrected chi connectivity index (χ3v) is 2.22. The number of hydrogen-bond donors (Lipinski definition) is 2. The van der Waals surface area contributed by atoms with Gasteiger partial charge in [-0.05, 0) is 18.2 Å². The smallest absolute Gasteiger partial charge is 0.258 e. The first kappa shape index (κ1) is 12.0. The number of rotatable bonds is 2. The van der Waals surface area contributed by atoms with Gasteiger partial charge < -0.3 is 10.4 Å². The number of phenolic OH excluding ortho intramolecular Hbond substituents is 1. The van der Waals surface area contributed by atoms with Gasteiger partial charge in [-0.15, -0.1) is 0 Å². The van der Waals surface area contributed by atoms with Crippen molar-refractivity contribution in [3.8, 4) is 5.75 Å². The van der Waals surface area contributed by atoms with E-state index in [1.165, 1.54) is 24.4 Å². The van der Waals surface area contributed by atoms with Crippen LogP contribution in [0.2, 0.25) is 0 Å². The van der Waals surface area contributed by atoms with Crippen LogP contribution in [0.4, 0.5) is 14.5 Å². The summed E-state index contributed by atoms with van der Waals surface area (Å²) in [6, 6.07) is 4.42. The predicted octanol–water partition coefficient (Wildman–Crippen LogP) is 2.32. The van der Waals surface area contributed by atoms with E-state index in [9.17, 15) is 13.6 Å². The zero-order valence-corrected chi connectivity index (χ0v) is 9.02. The summed E-state index contributed by atoms with van der Waals surface area (Å²) >= 11 is 0. The van der Waals surface area contributed by atoms with Gasteiger partial charge >= 0.3 is 0 Å². The molecule has 1 heterocycles. The van der Waals surface area contributed by atoms with E-state index in [1.807, 2.05) is 0 Å². The molecule has 0 aliphatic carbocycles. The van der Waals surface area contributed by atoms with Gasteiger partial charge in [0.05, 0.1) is 17.4 Å². The number of anilines is 1. The molecule has 2 rings (SSSR count). The number of benzene rings is 1. The van der Waals surface area contributed by atoms with E-state index < -0.39 is 17.5 Å². The minimum atomic E-state index is -0.808. The van der Waals surface area contributed by atoms with Gasteiger partial charge in [-0.3, -0.25) is 9.78 Å². The Kier molecular flexibility index (Phi) is 3.18. The summed E-state index contributed by atoms with van der Waals surface area (Å²) in [5.41, 5.74) is -0.383. The molecule has 2 N–H and O–H groups in total. The number of halogens is 2. The van der Waals surface area contributed by atoms with Crippen LogP contribution >= 0.6 is 0 Å². The topological polar surface area (TPSA) is 62.2 Å². The van der Waals surface area contributed by atoms with Gasteiger partial charge in [-0.2, -0.15) is 0 Å². The summed E-state index contributed by atoms with van der Waals surface area (Å²) in [6.45, 7) is 0. The molecular formula is C12H8F2N2O2. The van der Waals surface area contributed by atoms with Gasteiger partial charge in [-0.1, -0.05) is 0 Å². The number of hydrogen-bond acceptors (Lipinski definition) is 3. The molecule has 92 valence electrons. The maximum absolute atomic E-state index is 13.3. The molecule has 0 spiro atoms. The Hall–Kier alpha value is -2.50. The van der Waals surface area contributed by atoms with Crippen molar-refractivity contribution in [3.05, 3.63) is 53.9 Å². The molecule has 18 heavy (non-hydrogen) atoms. The maximum atomic E-state index is 13.3. The SMILES string of the molecule is O=C(Nc1ccc(O)cc1F)c1ccncc1F. The fraction of sp³-hybridized carbons (Fsp3) is 0. The molecule has 2 aromatic rings. The molecule has 1 amide bonds. The molecule has 0 saturated carbocycles. The van der Waals surface area contributed by atoms with E-state index in [1.54, 1.807) is 0 Å². The van der Waals surface area contributed by atoms with Crippen molar-refractivity contribution in [2.75, 3.05) is 5.32 Å². The van der Waals surface area contributed by atoms with Crippen molar-refractivity contribution in [3.63, 3.8) is 0 Å². The second kappa shape index (κ2) is 4.79. The molecule has 0 aliphatic heterocycles. The highest BCUT2D eigenvalue weighted by Crippen LogP contribution is 2.20. The highest BCUT2D eigenvalue weighted by Gasteiger charge is 2.13. The van der Waals surface area contributed by atoms with Gasteiger partial charge in [0.15, 0.2) is 5.82 Å². The van der Waals surface area contributed by atoms with Crippen molar-refractivity contribution in [1.82, 2.24) is 4.98 Å². The Bertz CT molecular complexity index is 602. The summed E-state index contributed by atoms with van der Waals surface area (Å²) in [5, 5.41) is 11.2. The molecule has 0 aliphatic rings. The number of pyridine rings is 1. The molecule has 4 nitrogen and oxygen atoms in total. The highest BCUT2D eigenvalue weighted by molar-refractivity contribution is 6.04. The van der Waals surface area contributed by atoms with E-state index in [-0.39, 0.29) is 17.0 Å². The average molecular weight is 250 g/mol. The number of aromatic nitrogens is 1. The molecule has 0 unspecified atom stereocenters. The van der Waals surface area contributed by atoms with Crippen LogP contribution in [0, 0.1) is 11.6 Å². The molecule has 1 aromatic carbocycles. The van der Waals surface area contributed by atoms with Crippen molar-refractivity contribution in [2.45, 2.75) is 0 Å². The number of phenols is 1. The van der Waals surface area contributed by atoms with Gasteiger partial charge in [0.2, 0.25) is 0 Å². The number of amides is 1. The number of aromatic hydroxyl groups is 1. The lowest BCUT2D eigenvalue weighted by molar-refractivity contribution is 0.102. The minimum Gasteiger partial charge on any atom is -0.508 e. The predicted molar refractivity (Wildman–Crippen MR) is 60.2 cm³/mol. The Balaban J connectivity index is 2.24. The van der Waals surface area contributed by atoms with Gasteiger partial charge in [0.25, 0.3) is 5.91 Å². The third kappa shape index (κ3) is 2.42. The largest absolute Gasteiger partial charge is 0.508 e. The Morgan fingerprint density at radius 3 is 2.67 bits per heavy atom. The van der Waals surface area contributed by atoms with Crippen molar-refractivity contribution < 1.29 is 18.7 Å². The second-order valence-corrected chi connectivity index (χ2v) is 3.47. The zero-order chi connectivity index (χ0) is 13.1. The lowest BCUT2D eigenvalue weighted by Crippen LogP contribution is -2.14. The van der Waals surface area contributed by atoms with Crippen LogP contribution in [0.5, 0.6) is 5.75 Å². The first-order valence-corrected chi connectivity index (χ1v) is 4.97. The molecule has 0 atom stereocenters. The summed E-state index contributed by atoms with van der Waals surface area (Å²) in [4.78, 5) is 15.2. The van der Waals surface area contributed by atoms with Crippen molar-refractivity contribution in [1.29, 1.82) is 0 Å². The standard InChI is InChI=1S/C12H8F2N2O2/c13-9-5-7(17)1-2-11(9)16-12(18)8-3-4-15-6-10(8)14/h1-6,17H,(H,16,18). The van der Waals surface area contributed by atoms with E-state index in [4.69, 9.17) is 5.11 Å². The zero-order valence-electron chi connectivity index (χ0n) is 9.02. The van der Waals surface area contributed by atoms with Crippen LogP contribution in [-0.4, -0.2) is 16.0 Å². The summed E-state index contributed by atoms with van der Waals surface area (Å²) in [6.07, 6.45) is 2.15. The van der Waals surface area contributed by atoms with Crippen LogP contribution in [0.3, 0.4) is 0 Å². The Morgan fingerprint density at radius 1 is 1.22 bits per heavy atom. The molecule has 0 bridgehead atoms. The molecule has 0 radical (unpaired) electrons. The van der Waals surface area contributed by atoms with Crippen molar-refractivity contribution in [2.24, 2.45) is 0 Å². The highest BCUT2D eigenvalue weighted by atomic mass is 19.1. The van der Waals surface area contributed by atoms with Crippen LogP contribution in [-0.2, 0) is 0 Å². The number of carbonyl (C=O) groups is 1. The Morgan fingerprint density at radius 2 is 2.00 bits per heavy atom. The van der Waals surface area contributed by atoms with Gasteiger partial charge in [0.1, 0.15) is 11.6 Å². The average Bonchev–Trinajstić information content (AvgIpc) is 2.33. The maximum Gasteiger partial charge on any atom is 0.258 e. The van der Waals surface area contributed by atoms with Crippen LogP contribution < -0.4 is 5.32 Å². The molecule has 0 fully saturated rings. The van der Waals surface area contributed by atoms with Crippen LogP contribution in [0.15, 0.2) is 36.7 Å². The first-order valence-electron chi connectivity index (χ1n) is 4.97. The third-order valence-electron chi connectivity index (χ3n) is 2.22. The number of carbonyl (C=O) groups excluding carboxylic acids is 1. The van der Waals surface area contributed by atoms with Crippen LogP contribution in [0.25, 0.3) is 0 Å². The Labute approximate surface area is 101 Å². The molecule has 0 saturated heterocycles. The second-order valence-electron chi connectivity index (χ2n) is 3.47. The monoisotopic (exact) mass is 250 g/mol. The lowest BCUT2D eigenvalue weighted by atomic mass is 10.2. The van der Waals surface area contributed by atoms with Crippen LogP contribution in [0.1, 0.15) is 10.4 Å².